The fourth-order valence-corrected chi connectivity index (χ4v) is 2.53. The lowest BCUT2D eigenvalue weighted by molar-refractivity contribution is 0.0924. The van der Waals surface area contributed by atoms with Gasteiger partial charge in [0.2, 0.25) is 0 Å². The van der Waals surface area contributed by atoms with Crippen LogP contribution in [0.4, 0.5) is 0 Å². The molecular formula is C17H22N2O3. The summed E-state index contributed by atoms with van der Waals surface area (Å²) in [6.07, 6.45) is 1.80. The van der Waals surface area contributed by atoms with Crippen LogP contribution in [-0.2, 0) is 6.42 Å². The Morgan fingerprint density at radius 2 is 2.23 bits per heavy atom. The lowest BCUT2D eigenvalue weighted by Gasteiger charge is -2.27. The van der Waals surface area contributed by atoms with Gasteiger partial charge in [-0.25, -0.2) is 0 Å². The van der Waals surface area contributed by atoms with Crippen LogP contribution in [0.3, 0.4) is 0 Å². The van der Waals surface area contributed by atoms with E-state index in [0.717, 1.165) is 12.0 Å². The molecule has 1 aliphatic heterocycles. The quantitative estimate of drug-likeness (QED) is 0.877. The number of carbonyl (C=O) groups is 1. The average molecular weight is 302 g/mol. The number of hydrogen-bond acceptors (Lipinski definition) is 4. The molecule has 118 valence electrons. The summed E-state index contributed by atoms with van der Waals surface area (Å²) in [6.45, 7) is 4.85. The van der Waals surface area contributed by atoms with E-state index in [-0.39, 0.29) is 18.4 Å². The van der Waals surface area contributed by atoms with Crippen LogP contribution in [0.15, 0.2) is 12.1 Å². The summed E-state index contributed by atoms with van der Waals surface area (Å²) in [7, 11) is 1.59. The van der Waals surface area contributed by atoms with Gasteiger partial charge in [-0.1, -0.05) is 13.8 Å². The van der Waals surface area contributed by atoms with Crippen LogP contribution >= 0.6 is 0 Å². The second kappa shape index (κ2) is 7.17. The maximum absolute atomic E-state index is 12.2. The van der Waals surface area contributed by atoms with Gasteiger partial charge in [-0.15, -0.1) is 0 Å². The van der Waals surface area contributed by atoms with E-state index in [1.165, 1.54) is 0 Å². The molecule has 1 atom stereocenters. The lowest BCUT2D eigenvalue weighted by atomic mass is 9.92. The highest BCUT2D eigenvalue weighted by molar-refractivity contribution is 5.98. The summed E-state index contributed by atoms with van der Waals surface area (Å²) in [5, 5.41) is 11.7. The molecule has 5 nitrogen and oxygen atoms in total. The Kier molecular flexibility index (Phi) is 5.26. The first kappa shape index (κ1) is 16.2. The number of rotatable bonds is 6. The molecule has 1 N–H and O–H groups in total. The number of nitrogens with one attached hydrogen (secondary N) is 1. The Bertz CT molecular complexity index is 590. The van der Waals surface area contributed by atoms with Crippen molar-refractivity contribution >= 4 is 5.91 Å². The van der Waals surface area contributed by atoms with Crippen molar-refractivity contribution in [1.29, 1.82) is 5.26 Å². The minimum Gasteiger partial charge on any atom is -0.493 e. The molecule has 0 radical (unpaired) electrons. The number of hydrogen-bond donors (Lipinski definition) is 1. The average Bonchev–Trinajstić information content (AvgIpc) is 2.47. The van der Waals surface area contributed by atoms with Gasteiger partial charge in [-0.05, 0) is 30.9 Å². The van der Waals surface area contributed by atoms with E-state index in [1.807, 2.05) is 0 Å². The first-order valence-corrected chi connectivity index (χ1v) is 7.57. The van der Waals surface area contributed by atoms with Gasteiger partial charge in [0.1, 0.15) is 0 Å². The molecule has 0 spiro atoms. The van der Waals surface area contributed by atoms with E-state index in [4.69, 9.17) is 14.7 Å². The Labute approximate surface area is 131 Å². The van der Waals surface area contributed by atoms with E-state index in [2.05, 4.69) is 25.2 Å². The fourth-order valence-electron chi connectivity index (χ4n) is 2.53. The van der Waals surface area contributed by atoms with E-state index < -0.39 is 0 Å². The lowest BCUT2D eigenvalue weighted by Crippen LogP contribution is -2.41. The third-order valence-corrected chi connectivity index (χ3v) is 3.75. The summed E-state index contributed by atoms with van der Waals surface area (Å²) in [5.41, 5.74) is 1.45. The van der Waals surface area contributed by atoms with Crippen molar-refractivity contribution in [3.63, 3.8) is 0 Å². The molecule has 1 aromatic rings. The highest BCUT2D eigenvalue weighted by Gasteiger charge is 2.28. The summed E-state index contributed by atoms with van der Waals surface area (Å²) in [6, 6.07) is 5.44. The third kappa shape index (κ3) is 3.51. The molecule has 1 heterocycles. The zero-order valence-corrected chi connectivity index (χ0v) is 13.3. The van der Waals surface area contributed by atoms with Crippen LogP contribution in [0.25, 0.3) is 0 Å². The number of carbonyl (C=O) groups excluding carboxylic acids is 1. The Balaban J connectivity index is 2.32. The normalized spacial score (nSPS) is 16.7. The smallest absolute Gasteiger partial charge is 0.251 e. The maximum atomic E-state index is 12.2. The van der Waals surface area contributed by atoms with Gasteiger partial charge >= 0.3 is 0 Å². The maximum Gasteiger partial charge on any atom is 0.251 e. The largest absolute Gasteiger partial charge is 0.493 e. The van der Waals surface area contributed by atoms with Crippen LogP contribution in [0.2, 0.25) is 0 Å². The van der Waals surface area contributed by atoms with Crippen LogP contribution in [0.1, 0.15) is 42.6 Å². The van der Waals surface area contributed by atoms with Gasteiger partial charge in [0, 0.05) is 17.2 Å². The first-order chi connectivity index (χ1) is 10.6. The molecule has 1 unspecified atom stereocenters. The highest BCUT2D eigenvalue weighted by Crippen LogP contribution is 2.36. The molecule has 5 heteroatoms. The molecular weight excluding hydrogens is 280 g/mol. The zero-order chi connectivity index (χ0) is 16.1. The van der Waals surface area contributed by atoms with Crippen molar-refractivity contribution in [3.8, 4) is 17.6 Å². The molecule has 0 aliphatic carbocycles. The molecule has 0 aromatic heterocycles. The van der Waals surface area contributed by atoms with Crippen LogP contribution < -0.4 is 14.8 Å². The number of methoxy groups -OCH3 is 1. The monoisotopic (exact) mass is 302 g/mol. The van der Waals surface area contributed by atoms with E-state index >= 15 is 0 Å². The van der Waals surface area contributed by atoms with Gasteiger partial charge in [0.15, 0.2) is 11.5 Å². The molecule has 2 rings (SSSR count). The second-order valence-corrected chi connectivity index (χ2v) is 5.89. The number of nitrogens with zero attached hydrogens (tertiary/aromatic N) is 1. The summed E-state index contributed by atoms with van der Waals surface area (Å²) >= 11 is 0. The third-order valence-electron chi connectivity index (χ3n) is 3.75. The standard InChI is InChI=1S/C17H22N2O3/c1-11(2)7-9-22-16-14-10-12(6-8-18)19-17(20)13(14)4-5-15(16)21-3/h4-5,11-12H,6-7,9-10H2,1-3H3,(H,19,20). The zero-order valence-electron chi connectivity index (χ0n) is 13.3. The highest BCUT2D eigenvalue weighted by atomic mass is 16.5. The minimum atomic E-state index is -0.176. The van der Waals surface area contributed by atoms with Crippen molar-refractivity contribution in [3.05, 3.63) is 23.3 Å². The minimum absolute atomic E-state index is 0.155. The van der Waals surface area contributed by atoms with Gasteiger partial charge in [-0.2, -0.15) is 5.26 Å². The van der Waals surface area contributed by atoms with Crippen LogP contribution in [0.5, 0.6) is 11.5 Å². The van der Waals surface area contributed by atoms with Gasteiger partial charge in [-0.3, -0.25) is 4.79 Å². The predicted octanol–water partition coefficient (Wildman–Crippen LogP) is 2.69. The molecule has 0 fully saturated rings. The van der Waals surface area contributed by atoms with Gasteiger partial charge in [0.25, 0.3) is 5.91 Å². The van der Waals surface area contributed by atoms with Crippen molar-refractivity contribution in [2.45, 2.75) is 39.2 Å². The summed E-state index contributed by atoms with van der Waals surface area (Å²) in [5.74, 6) is 1.66. The molecule has 1 aromatic carbocycles. The summed E-state index contributed by atoms with van der Waals surface area (Å²) in [4.78, 5) is 12.2. The van der Waals surface area contributed by atoms with Gasteiger partial charge in [0.05, 0.1) is 26.2 Å². The predicted molar refractivity (Wildman–Crippen MR) is 83.1 cm³/mol. The molecule has 0 saturated carbocycles. The van der Waals surface area contributed by atoms with Crippen molar-refractivity contribution in [2.75, 3.05) is 13.7 Å². The Morgan fingerprint density at radius 3 is 2.86 bits per heavy atom. The number of nitriles is 1. The molecule has 22 heavy (non-hydrogen) atoms. The number of amides is 1. The SMILES string of the molecule is COc1ccc2c(c1OCCC(C)C)CC(CC#N)NC2=O. The molecule has 0 bridgehead atoms. The fraction of sp³-hybridized carbons (Fsp3) is 0.529. The van der Waals surface area contributed by atoms with Crippen molar-refractivity contribution < 1.29 is 14.3 Å². The Hall–Kier alpha value is -2.22. The molecule has 1 amide bonds. The number of ether oxygens (including phenoxy) is 2. The van der Waals surface area contributed by atoms with Crippen LogP contribution in [0, 0.1) is 17.2 Å². The Morgan fingerprint density at radius 1 is 1.45 bits per heavy atom. The van der Waals surface area contributed by atoms with Crippen LogP contribution in [-0.4, -0.2) is 25.7 Å². The number of benzene rings is 1. The van der Waals surface area contributed by atoms with E-state index in [0.29, 0.717) is 36.0 Å². The summed E-state index contributed by atoms with van der Waals surface area (Å²) < 4.78 is 11.3. The molecule has 0 saturated heterocycles. The first-order valence-electron chi connectivity index (χ1n) is 7.57. The molecule has 1 aliphatic rings. The second-order valence-electron chi connectivity index (χ2n) is 5.89. The van der Waals surface area contributed by atoms with Gasteiger partial charge < -0.3 is 14.8 Å². The van der Waals surface area contributed by atoms with E-state index in [9.17, 15) is 4.79 Å². The van der Waals surface area contributed by atoms with E-state index in [1.54, 1.807) is 19.2 Å². The number of fused-ring (bicyclic) bond motifs is 1. The van der Waals surface area contributed by atoms with Crippen molar-refractivity contribution in [2.24, 2.45) is 5.92 Å². The van der Waals surface area contributed by atoms with Crippen molar-refractivity contribution in [1.82, 2.24) is 5.32 Å². The topological polar surface area (TPSA) is 71.3 Å².